The van der Waals surface area contributed by atoms with Gasteiger partial charge < -0.3 is 5.32 Å². The SMILES string of the molecule is C[C@@H](Cn1cccn1)Nc1ncnc2c1cnn2C. The van der Waals surface area contributed by atoms with Gasteiger partial charge in [-0.05, 0) is 13.0 Å². The van der Waals surface area contributed by atoms with Gasteiger partial charge in [0.05, 0.1) is 18.1 Å². The van der Waals surface area contributed by atoms with Crippen molar-refractivity contribution in [2.24, 2.45) is 7.05 Å². The van der Waals surface area contributed by atoms with Crippen LogP contribution in [-0.2, 0) is 13.6 Å². The van der Waals surface area contributed by atoms with Crippen molar-refractivity contribution < 1.29 is 0 Å². The van der Waals surface area contributed by atoms with Crippen molar-refractivity contribution in [3.8, 4) is 0 Å². The first-order valence-corrected chi connectivity index (χ1v) is 6.10. The maximum absolute atomic E-state index is 4.28. The molecule has 0 fully saturated rings. The Morgan fingerprint density at radius 3 is 3.00 bits per heavy atom. The van der Waals surface area contributed by atoms with Crippen LogP contribution in [0.25, 0.3) is 11.0 Å². The molecular formula is C12H15N7. The third kappa shape index (κ3) is 2.26. The molecule has 19 heavy (non-hydrogen) atoms. The van der Waals surface area contributed by atoms with Crippen LogP contribution in [0.5, 0.6) is 0 Å². The number of fused-ring (bicyclic) bond motifs is 1. The summed E-state index contributed by atoms with van der Waals surface area (Å²) in [5.74, 6) is 0.803. The molecule has 3 heterocycles. The molecule has 3 aromatic heterocycles. The van der Waals surface area contributed by atoms with Gasteiger partial charge in [0.1, 0.15) is 12.1 Å². The van der Waals surface area contributed by atoms with Crippen molar-refractivity contribution in [3.63, 3.8) is 0 Å². The molecule has 0 saturated heterocycles. The summed E-state index contributed by atoms with van der Waals surface area (Å²) in [7, 11) is 1.87. The van der Waals surface area contributed by atoms with Gasteiger partial charge in [-0.15, -0.1) is 0 Å². The topological polar surface area (TPSA) is 73.5 Å². The number of rotatable bonds is 4. The summed E-state index contributed by atoms with van der Waals surface area (Å²) in [5, 5.41) is 12.7. The summed E-state index contributed by atoms with van der Waals surface area (Å²) in [6, 6.07) is 2.12. The Morgan fingerprint density at radius 2 is 2.21 bits per heavy atom. The van der Waals surface area contributed by atoms with Gasteiger partial charge in [-0.1, -0.05) is 0 Å². The number of hydrogen-bond acceptors (Lipinski definition) is 5. The quantitative estimate of drug-likeness (QED) is 0.756. The minimum absolute atomic E-state index is 0.207. The van der Waals surface area contributed by atoms with Crippen molar-refractivity contribution in [2.75, 3.05) is 5.32 Å². The van der Waals surface area contributed by atoms with Gasteiger partial charge in [0.15, 0.2) is 5.65 Å². The van der Waals surface area contributed by atoms with E-state index in [2.05, 4.69) is 32.4 Å². The fraction of sp³-hybridized carbons (Fsp3) is 0.333. The number of hydrogen-bond donors (Lipinski definition) is 1. The van der Waals surface area contributed by atoms with Gasteiger partial charge in [-0.25, -0.2) is 9.97 Å². The van der Waals surface area contributed by atoms with Gasteiger partial charge in [0.25, 0.3) is 0 Å². The van der Waals surface area contributed by atoms with Gasteiger partial charge in [-0.2, -0.15) is 10.2 Å². The van der Waals surface area contributed by atoms with Crippen molar-refractivity contribution in [1.29, 1.82) is 0 Å². The third-order valence-corrected chi connectivity index (χ3v) is 2.93. The molecule has 0 saturated carbocycles. The van der Waals surface area contributed by atoms with Crippen LogP contribution in [0.15, 0.2) is 31.0 Å². The van der Waals surface area contributed by atoms with E-state index in [1.807, 2.05) is 24.0 Å². The van der Waals surface area contributed by atoms with Crippen molar-refractivity contribution in [2.45, 2.75) is 19.5 Å². The minimum atomic E-state index is 0.207. The van der Waals surface area contributed by atoms with Crippen LogP contribution < -0.4 is 5.32 Å². The average molecular weight is 257 g/mol. The molecule has 98 valence electrons. The van der Waals surface area contributed by atoms with Gasteiger partial charge >= 0.3 is 0 Å². The van der Waals surface area contributed by atoms with Crippen LogP contribution in [0.2, 0.25) is 0 Å². The molecule has 3 aromatic rings. The third-order valence-electron chi connectivity index (χ3n) is 2.93. The largest absolute Gasteiger partial charge is 0.365 e. The lowest BCUT2D eigenvalue weighted by atomic mass is 10.3. The second-order valence-corrected chi connectivity index (χ2v) is 4.50. The monoisotopic (exact) mass is 257 g/mol. The van der Waals surface area contributed by atoms with Gasteiger partial charge in [0, 0.05) is 25.5 Å². The van der Waals surface area contributed by atoms with Crippen molar-refractivity contribution >= 4 is 16.9 Å². The van der Waals surface area contributed by atoms with Crippen LogP contribution >= 0.6 is 0 Å². The Morgan fingerprint density at radius 1 is 1.32 bits per heavy atom. The van der Waals surface area contributed by atoms with Crippen LogP contribution in [0.4, 0.5) is 5.82 Å². The number of nitrogens with zero attached hydrogens (tertiary/aromatic N) is 6. The molecule has 1 atom stereocenters. The van der Waals surface area contributed by atoms with E-state index in [0.717, 1.165) is 23.4 Å². The summed E-state index contributed by atoms with van der Waals surface area (Å²) in [6.45, 7) is 2.87. The Bertz CT molecular complexity index is 671. The predicted octanol–water partition coefficient (Wildman–Crippen LogP) is 1.06. The number of aromatic nitrogens is 6. The lowest BCUT2D eigenvalue weighted by Crippen LogP contribution is -2.22. The van der Waals surface area contributed by atoms with E-state index in [-0.39, 0.29) is 6.04 Å². The smallest absolute Gasteiger partial charge is 0.163 e. The molecule has 0 aliphatic heterocycles. The fourth-order valence-corrected chi connectivity index (χ4v) is 2.05. The second-order valence-electron chi connectivity index (χ2n) is 4.50. The van der Waals surface area contributed by atoms with Gasteiger partial charge in [0.2, 0.25) is 0 Å². The van der Waals surface area contributed by atoms with Crippen LogP contribution in [-0.4, -0.2) is 35.6 Å². The zero-order valence-electron chi connectivity index (χ0n) is 10.9. The maximum Gasteiger partial charge on any atom is 0.163 e. The second kappa shape index (κ2) is 4.68. The summed E-state index contributed by atoms with van der Waals surface area (Å²) >= 11 is 0. The lowest BCUT2D eigenvalue weighted by molar-refractivity contribution is 0.560. The van der Waals surface area contributed by atoms with E-state index < -0.39 is 0 Å². The van der Waals surface area contributed by atoms with Crippen LogP contribution in [0, 0.1) is 0 Å². The Kier molecular flexibility index (Phi) is 2.86. The molecular weight excluding hydrogens is 242 g/mol. The van der Waals surface area contributed by atoms with E-state index in [0.29, 0.717) is 0 Å². The standard InChI is InChI=1S/C12H15N7/c1-9(7-19-5-3-4-15-19)17-11-10-6-16-18(2)12(10)14-8-13-11/h3-6,8-9H,7H2,1-2H3,(H,13,14,17)/t9-/m0/s1. The Balaban J connectivity index is 1.81. The molecule has 0 aliphatic carbocycles. The minimum Gasteiger partial charge on any atom is -0.365 e. The molecule has 0 spiro atoms. The van der Waals surface area contributed by atoms with Gasteiger partial charge in [-0.3, -0.25) is 9.36 Å². The molecule has 1 N–H and O–H groups in total. The molecule has 0 unspecified atom stereocenters. The van der Waals surface area contributed by atoms with Crippen LogP contribution in [0.1, 0.15) is 6.92 Å². The Labute approximate surface area is 110 Å². The Hall–Kier alpha value is -2.44. The number of anilines is 1. The fourth-order valence-electron chi connectivity index (χ4n) is 2.05. The highest BCUT2D eigenvalue weighted by Gasteiger charge is 2.10. The predicted molar refractivity (Wildman–Crippen MR) is 71.6 cm³/mol. The number of nitrogens with one attached hydrogen (secondary N) is 1. The van der Waals surface area contributed by atoms with Crippen molar-refractivity contribution in [1.82, 2.24) is 29.5 Å². The summed E-state index contributed by atoms with van der Waals surface area (Å²) < 4.78 is 3.62. The zero-order valence-corrected chi connectivity index (χ0v) is 10.9. The highest BCUT2D eigenvalue weighted by molar-refractivity contribution is 5.86. The van der Waals surface area contributed by atoms with Crippen LogP contribution in [0.3, 0.4) is 0 Å². The van der Waals surface area contributed by atoms with Crippen molar-refractivity contribution in [3.05, 3.63) is 31.0 Å². The van der Waals surface area contributed by atoms with E-state index in [9.17, 15) is 0 Å². The first kappa shape index (κ1) is 11.6. The average Bonchev–Trinajstić information content (AvgIpc) is 3.01. The molecule has 7 nitrogen and oxygen atoms in total. The van der Waals surface area contributed by atoms with E-state index >= 15 is 0 Å². The zero-order chi connectivity index (χ0) is 13.2. The molecule has 7 heteroatoms. The first-order valence-electron chi connectivity index (χ1n) is 6.10. The first-order chi connectivity index (χ1) is 9.24. The van der Waals surface area contributed by atoms with E-state index in [1.165, 1.54) is 0 Å². The number of aryl methyl sites for hydroxylation is 1. The summed E-state index contributed by atoms with van der Waals surface area (Å²) in [5.41, 5.74) is 0.823. The summed E-state index contributed by atoms with van der Waals surface area (Å²) in [4.78, 5) is 8.50. The molecule has 3 rings (SSSR count). The lowest BCUT2D eigenvalue weighted by Gasteiger charge is -2.14. The molecule has 0 aromatic carbocycles. The normalized spacial score (nSPS) is 12.7. The molecule has 0 aliphatic rings. The molecule has 0 amide bonds. The maximum atomic E-state index is 4.28. The molecule has 0 radical (unpaired) electrons. The van der Waals surface area contributed by atoms with E-state index in [4.69, 9.17) is 0 Å². The summed E-state index contributed by atoms with van der Waals surface area (Å²) in [6.07, 6.45) is 7.04. The highest BCUT2D eigenvalue weighted by atomic mass is 15.3. The molecule has 0 bridgehead atoms. The van der Waals surface area contributed by atoms with E-state index in [1.54, 1.807) is 23.4 Å². The highest BCUT2D eigenvalue weighted by Crippen LogP contribution is 2.18.